The fourth-order valence-electron chi connectivity index (χ4n) is 4.21. The SMILES string of the molecule is O=C1S/C(=C/c2cc(I)c(OCc3ccc4ccccc4c3)c(I)c2)C(=O)N1CCCc1ccccc1. The van der Waals surface area contributed by atoms with Crippen LogP contribution in [0, 0.1) is 7.14 Å². The van der Waals surface area contributed by atoms with Gasteiger partial charge in [0, 0.05) is 6.54 Å². The summed E-state index contributed by atoms with van der Waals surface area (Å²) in [5, 5.41) is 2.20. The number of nitrogens with zero attached hydrogens (tertiary/aromatic N) is 1. The number of amides is 2. The number of carbonyl (C=O) groups is 2. The third-order valence-electron chi connectivity index (χ3n) is 6.08. The molecule has 1 fully saturated rings. The minimum Gasteiger partial charge on any atom is -0.487 e. The van der Waals surface area contributed by atoms with E-state index in [0.717, 1.165) is 48.6 Å². The molecular formula is C30H23I2NO3S. The number of benzene rings is 4. The molecule has 0 spiro atoms. The quantitative estimate of drug-likeness (QED) is 0.135. The molecule has 0 aliphatic carbocycles. The molecule has 7 heteroatoms. The molecule has 0 radical (unpaired) electrons. The third-order valence-corrected chi connectivity index (χ3v) is 8.59. The van der Waals surface area contributed by atoms with Crippen molar-refractivity contribution in [3.8, 4) is 5.75 Å². The molecule has 0 unspecified atom stereocenters. The van der Waals surface area contributed by atoms with Crippen molar-refractivity contribution in [3.63, 3.8) is 0 Å². The summed E-state index contributed by atoms with van der Waals surface area (Å²) in [6, 6.07) is 28.7. The molecule has 1 saturated heterocycles. The summed E-state index contributed by atoms with van der Waals surface area (Å²) in [6.45, 7) is 0.894. The van der Waals surface area contributed by atoms with Crippen LogP contribution in [0.25, 0.3) is 16.8 Å². The van der Waals surface area contributed by atoms with Crippen molar-refractivity contribution in [1.82, 2.24) is 4.90 Å². The normalized spacial score (nSPS) is 14.6. The number of imide groups is 1. The van der Waals surface area contributed by atoms with E-state index < -0.39 is 0 Å². The van der Waals surface area contributed by atoms with Crippen molar-refractivity contribution in [2.45, 2.75) is 19.4 Å². The van der Waals surface area contributed by atoms with Crippen LogP contribution in [0.3, 0.4) is 0 Å². The number of hydrogen-bond acceptors (Lipinski definition) is 4. The van der Waals surface area contributed by atoms with Gasteiger partial charge in [0.1, 0.15) is 12.4 Å². The number of aryl methyl sites for hydroxylation is 1. The van der Waals surface area contributed by atoms with Gasteiger partial charge < -0.3 is 4.74 Å². The summed E-state index contributed by atoms with van der Waals surface area (Å²) in [5.41, 5.74) is 3.19. The Hall–Kier alpha value is -2.37. The number of fused-ring (bicyclic) bond motifs is 1. The Morgan fingerprint density at radius 2 is 1.51 bits per heavy atom. The summed E-state index contributed by atoms with van der Waals surface area (Å²) in [7, 11) is 0. The largest absolute Gasteiger partial charge is 0.487 e. The number of carbonyl (C=O) groups excluding carboxylic acids is 2. The third kappa shape index (κ3) is 6.38. The van der Waals surface area contributed by atoms with Gasteiger partial charge in [-0.1, -0.05) is 66.7 Å². The minimum absolute atomic E-state index is 0.205. The lowest BCUT2D eigenvalue weighted by Gasteiger charge is -2.13. The van der Waals surface area contributed by atoms with E-state index in [0.29, 0.717) is 18.1 Å². The molecule has 1 aliphatic rings. The number of rotatable bonds is 8. The van der Waals surface area contributed by atoms with Crippen molar-refractivity contribution in [3.05, 3.63) is 114 Å². The smallest absolute Gasteiger partial charge is 0.293 e. The Kier molecular flexibility index (Phi) is 8.51. The molecule has 37 heavy (non-hydrogen) atoms. The van der Waals surface area contributed by atoms with Crippen LogP contribution in [0.2, 0.25) is 0 Å². The van der Waals surface area contributed by atoms with E-state index in [1.54, 1.807) is 6.08 Å². The summed E-state index contributed by atoms with van der Waals surface area (Å²) in [5.74, 6) is 0.602. The van der Waals surface area contributed by atoms with Crippen LogP contribution in [0.4, 0.5) is 4.79 Å². The first-order valence-electron chi connectivity index (χ1n) is 11.9. The molecule has 1 aliphatic heterocycles. The average molecular weight is 731 g/mol. The van der Waals surface area contributed by atoms with E-state index in [-0.39, 0.29) is 11.1 Å². The number of hydrogen-bond donors (Lipinski definition) is 0. The van der Waals surface area contributed by atoms with Crippen molar-refractivity contribution in [2.75, 3.05) is 6.54 Å². The molecule has 0 saturated carbocycles. The minimum atomic E-state index is -0.218. The van der Waals surface area contributed by atoms with Crippen molar-refractivity contribution < 1.29 is 14.3 Å². The highest BCUT2D eigenvalue weighted by Gasteiger charge is 2.34. The van der Waals surface area contributed by atoms with Gasteiger partial charge in [-0.3, -0.25) is 14.5 Å². The maximum absolute atomic E-state index is 12.9. The second-order valence-corrected chi connectivity index (χ2v) is 12.0. The molecule has 186 valence electrons. The van der Waals surface area contributed by atoms with Crippen LogP contribution in [0.15, 0.2) is 89.8 Å². The molecule has 4 aromatic carbocycles. The molecule has 0 atom stereocenters. The van der Waals surface area contributed by atoms with Gasteiger partial charge in [-0.2, -0.15) is 0 Å². The molecular weight excluding hydrogens is 708 g/mol. The van der Waals surface area contributed by atoms with E-state index >= 15 is 0 Å². The molecule has 0 aromatic heterocycles. The lowest BCUT2D eigenvalue weighted by molar-refractivity contribution is -0.122. The predicted octanol–water partition coefficient (Wildman–Crippen LogP) is 8.30. The zero-order valence-electron chi connectivity index (χ0n) is 19.8. The Morgan fingerprint density at radius 3 is 2.27 bits per heavy atom. The highest BCUT2D eigenvalue weighted by molar-refractivity contribution is 14.1. The maximum atomic E-state index is 12.9. The first-order chi connectivity index (χ1) is 18.0. The zero-order valence-corrected chi connectivity index (χ0v) is 25.0. The number of thioether (sulfide) groups is 1. The van der Waals surface area contributed by atoms with E-state index in [1.165, 1.54) is 21.2 Å². The predicted molar refractivity (Wildman–Crippen MR) is 168 cm³/mol. The second kappa shape index (κ2) is 12.0. The standard InChI is InChI=1S/C30H23I2NO3S/c31-25-16-22(17-26(32)28(25)36-19-21-12-13-23-10-4-5-11-24(23)15-21)18-27-29(34)33(30(35)37-27)14-6-9-20-7-2-1-3-8-20/h1-5,7-8,10-13,15-18H,6,9,14,19H2/b27-18+. The van der Waals surface area contributed by atoms with Gasteiger partial charge in [0.05, 0.1) is 12.0 Å². The monoisotopic (exact) mass is 731 g/mol. The molecule has 0 bridgehead atoms. The van der Waals surface area contributed by atoms with Crippen LogP contribution >= 0.6 is 56.9 Å². The molecule has 0 N–H and O–H groups in total. The molecule has 4 aromatic rings. The van der Waals surface area contributed by atoms with Crippen LogP contribution < -0.4 is 4.74 Å². The maximum Gasteiger partial charge on any atom is 0.293 e. The Morgan fingerprint density at radius 1 is 0.811 bits per heavy atom. The van der Waals surface area contributed by atoms with Crippen LogP contribution in [0.5, 0.6) is 5.75 Å². The summed E-state index contributed by atoms with van der Waals surface area (Å²) in [4.78, 5) is 27.3. The van der Waals surface area contributed by atoms with Crippen LogP contribution in [-0.2, 0) is 17.8 Å². The fraction of sp³-hybridized carbons (Fsp3) is 0.133. The van der Waals surface area contributed by atoms with E-state index in [1.807, 2.05) is 42.5 Å². The molecule has 5 rings (SSSR count). The van der Waals surface area contributed by atoms with Crippen molar-refractivity contribution >= 4 is 84.9 Å². The van der Waals surface area contributed by atoms with Gasteiger partial charge in [-0.05, 0) is 122 Å². The molecule has 2 amide bonds. The second-order valence-electron chi connectivity index (χ2n) is 8.71. The van der Waals surface area contributed by atoms with Gasteiger partial charge in [-0.25, -0.2) is 0 Å². The number of ether oxygens (including phenoxy) is 1. The Bertz CT molecular complexity index is 1480. The van der Waals surface area contributed by atoms with Gasteiger partial charge in [0.15, 0.2) is 0 Å². The zero-order chi connectivity index (χ0) is 25.8. The van der Waals surface area contributed by atoms with E-state index in [9.17, 15) is 9.59 Å². The van der Waals surface area contributed by atoms with Gasteiger partial charge in [0.25, 0.3) is 11.1 Å². The fourth-order valence-corrected chi connectivity index (χ4v) is 7.21. The summed E-state index contributed by atoms with van der Waals surface area (Å²) in [6.07, 6.45) is 3.38. The lowest BCUT2D eigenvalue weighted by Crippen LogP contribution is -2.29. The number of halogens is 2. The lowest BCUT2D eigenvalue weighted by atomic mass is 10.1. The first-order valence-corrected chi connectivity index (χ1v) is 14.8. The van der Waals surface area contributed by atoms with Gasteiger partial charge in [0.2, 0.25) is 0 Å². The molecule has 1 heterocycles. The van der Waals surface area contributed by atoms with E-state index in [2.05, 4.69) is 87.6 Å². The highest BCUT2D eigenvalue weighted by atomic mass is 127. The van der Waals surface area contributed by atoms with E-state index in [4.69, 9.17) is 4.74 Å². The van der Waals surface area contributed by atoms with Gasteiger partial charge >= 0.3 is 0 Å². The molecule has 4 nitrogen and oxygen atoms in total. The Labute approximate surface area is 247 Å². The van der Waals surface area contributed by atoms with Crippen LogP contribution in [0.1, 0.15) is 23.1 Å². The van der Waals surface area contributed by atoms with Gasteiger partial charge in [-0.15, -0.1) is 0 Å². The summed E-state index contributed by atoms with van der Waals surface area (Å²) < 4.78 is 8.11. The Balaban J connectivity index is 1.24. The van der Waals surface area contributed by atoms with Crippen molar-refractivity contribution in [1.29, 1.82) is 0 Å². The topological polar surface area (TPSA) is 46.6 Å². The van der Waals surface area contributed by atoms with Crippen LogP contribution in [-0.4, -0.2) is 22.6 Å². The first kappa shape index (κ1) is 26.2. The van der Waals surface area contributed by atoms with Crippen molar-refractivity contribution in [2.24, 2.45) is 0 Å². The highest BCUT2D eigenvalue weighted by Crippen LogP contribution is 2.35. The summed E-state index contributed by atoms with van der Waals surface area (Å²) >= 11 is 5.54. The average Bonchev–Trinajstić information content (AvgIpc) is 3.16.